The van der Waals surface area contributed by atoms with Crippen molar-refractivity contribution in [3.63, 3.8) is 0 Å². The second-order valence-corrected chi connectivity index (χ2v) is 6.02. The Morgan fingerprint density at radius 3 is 2.28 bits per heavy atom. The molecule has 0 unspecified atom stereocenters. The minimum atomic E-state index is -4.57. The third kappa shape index (κ3) is 3.83. The standard InChI is InChI=1S/C19H13F4NS/c20-17-5-2-1-4-14(17)8-6-13-7-9-15(12-16(13)19(21,22)23)18(25)24-10-3-11-24/h1-2,4-5,7,9,12H,3,10-11H2. The van der Waals surface area contributed by atoms with Gasteiger partial charge in [-0.1, -0.05) is 42.3 Å². The van der Waals surface area contributed by atoms with E-state index in [2.05, 4.69) is 11.8 Å². The Bertz CT molecular complexity index is 873. The van der Waals surface area contributed by atoms with E-state index in [9.17, 15) is 17.6 Å². The predicted molar refractivity (Wildman–Crippen MR) is 91.7 cm³/mol. The van der Waals surface area contributed by atoms with Crippen LogP contribution >= 0.6 is 12.2 Å². The maximum atomic E-state index is 13.6. The van der Waals surface area contributed by atoms with Crippen LogP contribution in [-0.2, 0) is 6.18 Å². The molecule has 3 rings (SSSR count). The van der Waals surface area contributed by atoms with E-state index in [1.807, 2.05) is 4.90 Å². The van der Waals surface area contributed by atoms with Crippen molar-refractivity contribution in [3.8, 4) is 11.8 Å². The zero-order valence-electron chi connectivity index (χ0n) is 13.0. The third-order valence-corrected chi connectivity index (χ3v) is 4.41. The summed E-state index contributed by atoms with van der Waals surface area (Å²) < 4.78 is 53.8. The van der Waals surface area contributed by atoms with Gasteiger partial charge in [0.15, 0.2) is 0 Å². The van der Waals surface area contributed by atoms with Crippen molar-refractivity contribution in [1.29, 1.82) is 0 Å². The lowest BCUT2D eigenvalue weighted by Gasteiger charge is -2.33. The first kappa shape index (κ1) is 17.4. The monoisotopic (exact) mass is 363 g/mol. The smallest absolute Gasteiger partial charge is 0.362 e. The fourth-order valence-electron chi connectivity index (χ4n) is 2.42. The summed E-state index contributed by atoms with van der Waals surface area (Å²) in [5.41, 5.74) is -0.670. The molecule has 1 fully saturated rings. The number of benzene rings is 2. The molecule has 0 aromatic heterocycles. The maximum Gasteiger partial charge on any atom is 0.417 e. The van der Waals surface area contributed by atoms with Crippen LogP contribution in [0.1, 0.15) is 28.7 Å². The highest BCUT2D eigenvalue weighted by Gasteiger charge is 2.34. The molecule has 0 spiro atoms. The van der Waals surface area contributed by atoms with E-state index in [-0.39, 0.29) is 11.1 Å². The van der Waals surface area contributed by atoms with Gasteiger partial charge in [-0.25, -0.2) is 4.39 Å². The number of hydrogen-bond acceptors (Lipinski definition) is 1. The molecule has 25 heavy (non-hydrogen) atoms. The molecule has 0 aliphatic carbocycles. The lowest BCUT2D eigenvalue weighted by Crippen LogP contribution is -2.41. The number of nitrogens with zero attached hydrogens (tertiary/aromatic N) is 1. The van der Waals surface area contributed by atoms with Gasteiger partial charge in [-0.3, -0.25) is 0 Å². The molecule has 0 saturated carbocycles. The Labute approximate surface area is 148 Å². The summed E-state index contributed by atoms with van der Waals surface area (Å²) >= 11 is 5.25. The van der Waals surface area contributed by atoms with Gasteiger partial charge in [0.05, 0.1) is 11.1 Å². The first-order valence-corrected chi connectivity index (χ1v) is 8.04. The molecule has 2 aromatic rings. The van der Waals surface area contributed by atoms with Gasteiger partial charge < -0.3 is 4.90 Å². The van der Waals surface area contributed by atoms with Crippen LogP contribution in [0, 0.1) is 17.7 Å². The summed E-state index contributed by atoms with van der Waals surface area (Å²) in [6.07, 6.45) is -3.59. The molecule has 2 aromatic carbocycles. The number of hydrogen-bond donors (Lipinski definition) is 0. The van der Waals surface area contributed by atoms with E-state index in [4.69, 9.17) is 12.2 Å². The first-order valence-electron chi connectivity index (χ1n) is 7.63. The van der Waals surface area contributed by atoms with E-state index in [0.29, 0.717) is 10.6 Å². The summed E-state index contributed by atoms with van der Waals surface area (Å²) in [4.78, 5) is 2.26. The van der Waals surface area contributed by atoms with E-state index in [1.165, 1.54) is 30.3 Å². The van der Waals surface area contributed by atoms with Gasteiger partial charge in [-0.05, 0) is 30.7 Å². The normalized spacial score (nSPS) is 13.7. The quantitative estimate of drug-likeness (QED) is 0.413. The maximum absolute atomic E-state index is 13.6. The Balaban J connectivity index is 1.99. The van der Waals surface area contributed by atoms with Crippen LogP contribution in [0.25, 0.3) is 0 Å². The molecule has 128 valence electrons. The highest BCUT2D eigenvalue weighted by molar-refractivity contribution is 7.80. The lowest BCUT2D eigenvalue weighted by molar-refractivity contribution is -0.137. The van der Waals surface area contributed by atoms with Crippen LogP contribution in [0.4, 0.5) is 17.6 Å². The molecule has 0 atom stereocenters. The molecule has 1 saturated heterocycles. The number of rotatable bonds is 1. The van der Waals surface area contributed by atoms with Crippen molar-refractivity contribution >= 4 is 17.2 Å². The van der Waals surface area contributed by atoms with E-state index in [1.54, 1.807) is 6.07 Å². The number of halogens is 4. The van der Waals surface area contributed by atoms with Gasteiger partial charge in [0, 0.05) is 24.2 Å². The van der Waals surface area contributed by atoms with E-state index >= 15 is 0 Å². The largest absolute Gasteiger partial charge is 0.417 e. The Morgan fingerprint density at radius 1 is 1.00 bits per heavy atom. The Kier molecular flexibility index (Phi) is 4.78. The zero-order chi connectivity index (χ0) is 18.0. The average molecular weight is 363 g/mol. The van der Waals surface area contributed by atoms with E-state index < -0.39 is 17.6 Å². The number of likely N-dealkylation sites (tertiary alicyclic amines) is 1. The molecule has 0 N–H and O–H groups in total. The van der Waals surface area contributed by atoms with E-state index in [0.717, 1.165) is 25.6 Å². The molecule has 1 nitrogen and oxygen atoms in total. The topological polar surface area (TPSA) is 3.24 Å². The Morgan fingerprint density at radius 2 is 1.68 bits per heavy atom. The van der Waals surface area contributed by atoms with Crippen molar-refractivity contribution in [2.75, 3.05) is 13.1 Å². The molecule has 6 heteroatoms. The van der Waals surface area contributed by atoms with Gasteiger partial charge in [-0.2, -0.15) is 13.2 Å². The average Bonchev–Trinajstić information content (AvgIpc) is 2.51. The van der Waals surface area contributed by atoms with Crippen molar-refractivity contribution in [2.45, 2.75) is 12.6 Å². The molecule has 0 radical (unpaired) electrons. The Hall–Kier alpha value is -2.39. The van der Waals surface area contributed by atoms with Crippen molar-refractivity contribution in [2.24, 2.45) is 0 Å². The van der Waals surface area contributed by atoms with Gasteiger partial charge in [0.1, 0.15) is 10.8 Å². The van der Waals surface area contributed by atoms with Crippen molar-refractivity contribution in [1.82, 2.24) is 4.90 Å². The SMILES string of the molecule is Fc1ccccc1C#Cc1ccc(C(=S)N2CCC2)cc1C(F)(F)F. The van der Waals surface area contributed by atoms with Gasteiger partial charge >= 0.3 is 6.18 Å². The van der Waals surface area contributed by atoms with Crippen LogP contribution < -0.4 is 0 Å². The zero-order valence-corrected chi connectivity index (χ0v) is 13.8. The van der Waals surface area contributed by atoms with Crippen molar-refractivity contribution in [3.05, 3.63) is 70.5 Å². The second kappa shape index (κ2) is 6.85. The fourth-order valence-corrected chi connectivity index (χ4v) is 2.73. The summed E-state index contributed by atoms with van der Waals surface area (Å²) in [6.45, 7) is 1.52. The molecule has 0 amide bonds. The van der Waals surface area contributed by atoms with Crippen molar-refractivity contribution < 1.29 is 17.6 Å². The fraction of sp³-hybridized carbons (Fsp3) is 0.211. The van der Waals surface area contributed by atoms with Gasteiger partial charge in [0.2, 0.25) is 0 Å². The molecule has 0 bridgehead atoms. The summed E-state index contributed by atoms with van der Waals surface area (Å²) in [7, 11) is 0. The summed E-state index contributed by atoms with van der Waals surface area (Å²) in [5.74, 6) is 4.33. The highest BCUT2D eigenvalue weighted by Crippen LogP contribution is 2.33. The van der Waals surface area contributed by atoms with Crippen LogP contribution in [0.3, 0.4) is 0 Å². The first-order chi connectivity index (χ1) is 11.9. The number of alkyl halides is 3. The van der Waals surface area contributed by atoms with Gasteiger partial charge in [-0.15, -0.1) is 0 Å². The molecule has 1 aliphatic rings. The number of thiocarbonyl (C=S) groups is 1. The minimum Gasteiger partial charge on any atom is -0.362 e. The lowest BCUT2D eigenvalue weighted by atomic mass is 10.0. The molecule has 1 heterocycles. The van der Waals surface area contributed by atoms with Gasteiger partial charge in [0.25, 0.3) is 0 Å². The second-order valence-electron chi connectivity index (χ2n) is 5.63. The predicted octanol–water partition coefficient (Wildman–Crippen LogP) is 4.63. The molecular weight excluding hydrogens is 350 g/mol. The summed E-state index contributed by atoms with van der Waals surface area (Å²) in [6, 6.07) is 9.54. The summed E-state index contributed by atoms with van der Waals surface area (Å²) in [5, 5.41) is 0. The van der Waals surface area contributed by atoms with Crippen LogP contribution in [0.2, 0.25) is 0 Å². The van der Waals surface area contributed by atoms with Crippen LogP contribution in [0.15, 0.2) is 42.5 Å². The minimum absolute atomic E-state index is 0.0517. The van der Waals surface area contributed by atoms with Crippen LogP contribution in [-0.4, -0.2) is 23.0 Å². The molecular formula is C19H13F4NS. The third-order valence-electron chi connectivity index (χ3n) is 3.92. The van der Waals surface area contributed by atoms with Crippen LogP contribution in [0.5, 0.6) is 0 Å². The molecule has 1 aliphatic heterocycles. The highest BCUT2D eigenvalue weighted by atomic mass is 32.1.